The van der Waals surface area contributed by atoms with Crippen molar-refractivity contribution in [3.8, 4) is 5.75 Å². The zero-order chi connectivity index (χ0) is 14.5. The number of hydrogen-bond donors (Lipinski definition) is 1. The van der Waals surface area contributed by atoms with Gasteiger partial charge in [-0.25, -0.2) is 0 Å². The van der Waals surface area contributed by atoms with E-state index in [1.54, 1.807) is 6.26 Å². The molecule has 2 aromatic carbocycles. The Morgan fingerprint density at radius 3 is 2.67 bits per heavy atom. The molecule has 0 spiro atoms. The summed E-state index contributed by atoms with van der Waals surface area (Å²) in [6, 6.07) is 18.2. The molecule has 1 atom stereocenters. The summed E-state index contributed by atoms with van der Waals surface area (Å²) >= 11 is 0. The Morgan fingerprint density at radius 1 is 1.00 bits per heavy atom. The lowest BCUT2D eigenvalue weighted by Crippen LogP contribution is -2.27. The molecule has 1 heterocycles. The molecule has 0 aliphatic heterocycles. The fraction of sp³-hybridized carbons (Fsp3) is 0.222. The lowest BCUT2D eigenvalue weighted by molar-refractivity contribution is 0.199. The first-order chi connectivity index (χ1) is 10.4. The van der Waals surface area contributed by atoms with Crippen molar-refractivity contribution in [1.82, 2.24) is 0 Å². The third kappa shape index (κ3) is 3.26. The van der Waals surface area contributed by atoms with Gasteiger partial charge in [0.05, 0.1) is 6.26 Å². The van der Waals surface area contributed by atoms with E-state index >= 15 is 0 Å². The van der Waals surface area contributed by atoms with Crippen molar-refractivity contribution in [2.75, 3.05) is 6.54 Å². The largest absolute Gasteiger partial charge is 0.485 e. The summed E-state index contributed by atoms with van der Waals surface area (Å²) in [4.78, 5) is 0. The molecule has 1 unspecified atom stereocenters. The molecule has 0 saturated heterocycles. The third-order valence-electron chi connectivity index (χ3n) is 3.60. The van der Waals surface area contributed by atoms with Crippen molar-refractivity contribution >= 4 is 11.0 Å². The summed E-state index contributed by atoms with van der Waals surface area (Å²) in [5, 5.41) is 1.05. The van der Waals surface area contributed by atoms with Crippen LogP contribution >= 0.6 is 0 Å². The van der Waals surface area contributed by atoms with E-state index in [1.165, 1.54) is 5.56 Å². The van der Waals surface area contributed by atoms with Gasteiger partial charge in [-0.2, -0.15) is 0 Å². The fourth-order valence-electron chi connectivity index (χ4n) is 2.44. The highest BCUT2D eigenvalue weighted by atomic mass is 16.5. The van der Waals surface area contributed by atoms with Gasteiger partial charge in [0.1, 0.15) is 6.10 Å². The van der Waals surface area contributed by atoms with E-state index in [2.05, 4.69) is 24.3 Å². The van der Waals surface area contributed by atoms with Gasteiger partial charge < -0.3 is 14.9 Å². The average molecular weight is 281 g/mol. The molecule has 3 aromatic rings. The molecule has 0 bridgehead atoms. The summed E-state index contributed by atoms with van der Waals surface area (Å²) in [5.41, 5.74) is 7.94. The van der Waals surface area contributed by atoms with Crippen molar-refractivity contribution in [3.63, 3.8) is 0 Å². The zero-order valence-corrected chi connectivity index (χ0v) is 11.9. The maximum atomic E-state index is 6.04. The molecular weight excluding hydrogens is 262 g/mol. The fourth-order valence-corrected chi connectivity index (χ4v) is 2.44. The van der Waals surface area contributed by atoms with E-state index in [0.717, 1.165) is 29.6 Å². The predicted molar refractivity (Wildman–Crippen MR) is 84.4 cm³/mol. The first-order valence-corrected chi connectivity index (χ1v) is 7.23. The predicted octanol–water partition coefficient (Wildman–Crippen LogP) is 3.77. The summed E-state index contributed by atoms with van der Waals surface area (Å²) in [5.74, 6) is 0.765. The van der Waals surface area contributed by atoms with Crippen LogP contribution < -0.4 is 10.5 Å². The Balaban J connectivity index is 1.68. The molecule has 2 N–H and O–H groups in total. The summed E-state index contributed by atoms with van der Waals surface area (Å²) < 4.78 is 11.5. The van der Waals surface area contributed by atoms with Gasteiger partial charge in [-0.15, -0.1) is 0 Å². The number of ether oxygens (including phenoxy) is 1. The SMILES string of the molecule is NCC(CCc1ccccc1)Oc1cccc2ccoc12. The number of fused-ring (bicyclic) bond motifs is 1. The van der Waals surface area contributed by atoms with Crippen LogP contribution in [0.1, 0.15) is 12.0 Å². The van der Waals surface area contributed by atoms with E-state index in [0.29, 0.717) is 6.54 Å². The van der Waals surface area contributed by atoms with E-state index in [1.807, 2.05) is 30.3 Å². The molecule has 0 fully saturated rings. The number of furan rings is 1. The van der Waals surface area contributed by atoms with Crippen LogP contribution in [0.4, 0.5) is 0 Å². The van der Waals surface area contributed by atoms with Gasteiger partial charge in [0, 0.05) is 11.9 Å². The van der Waals surface area contributed by atoms with Crippen molar-refractivity contribution in [2.24, 2.45) is 5.73 Å². The van der Waals surface area contributed by atoms with Crippen LogP contribution in [0.5, 0.6) is 5.75 Å². The highest BCUT2D eigenvalue weighted by molar-refractivity contribution is 5.82. The number of hydrogen-bond acceptors (Lipinski definition) is 3. The Labute approximate surface area is 124 Å². The molecule has 3 rings (SSSR count). The highest BCUT2D eigenvalue weighted by Gasteiger charge is 2.12. The van der Waals surface area contributed by atoms with Crippen LogP contribution in [0, 0.1) is 0 Å². The summed E-state index contributed by atoms with van der Waals surface area (Å²) in [6.45, 7) is 0.490. The maximum absolute atomic E-state index is 6.04. The number of aryl methyl sites for hydroxylation is 1. The Kier molecular flexibility index (Phi) is 4.22. The highest BCUT2D eigenvalue weighted by Crippen LogP contribution is 2.27. The van der Waals surface area contributed by atoms with Crippen molar-refractivity contribution in [2.45, 2.75) is 18.9 Å². The standard InChI is InChI=1S/C18H19NO2/c19-13-16(10-9-14-5-2-1-3-6-14)21-17-8-4-7-15-11-12-20-18(15)17/h1-8,11-12,16H,9-10,13,19H2. The van der Waals surface area contributed by atoms with Gasteiger partial charge in [0.15, 0.2) is 11.3 Å². The Hall–Kier alpha value is -2.26. The number of para-hydroxylation sites is 1. The monoisotopic (exact) mass is 281 g/mol. The second-order valence-corrected chi connectivity index (χ2v) is 5.09. The van der Waals surface area contributed by atoms with Crippen LogP contribution in [0.15, 0.2) is 65.3 Å². The molecule has 0 aliphatic rings. The van der Waals surface area contributed by atoms with E-state index in [9.17, 15) is 0 Å². The van der Waals surface area contributed by atoms with Crippen molar-refractivity contribution in [1.29, 1.82) is 0 Å². The second-order valence-electron chi connectivity index (χ2n) is 5.09. The van der Waals surface area contributed by atoms with Crippen molar-refractivity contribution in [3.05, 3.63) is 66.4 Å². The number of benzene rings is 2. The molecule has 3 nitrogen and oxygen atoms in total. The minimum atomic E-state index is -0.0130. The molecule has 0 aliphatic carbocycles. The zero-order valence-electron chi connectivity index (χ0n) is 11.9. The summed E-state index contributed by atoms with van der Waals surface area (Å²) in [6.07, 6.45) is 3.51. The van der Waals surface area contributed by atoms with Crippen LogP contribution in [0.2, 0.25) is 0 Å². The van der Waals surface area contributed by atoms with Crippen LogP contribution in [-0.2, 0) is 6.42 Å². The molecule has 3 heteroatoms. The number of nitrogens with two attached hydrogens (primary N) is 1. The first kappa shape index (κ1) is 13.7. The normalized spacial score (nSPS) is 12.4. The summed E-state index contributed by atoms with van der Waals surface area (Å²) in [7, 11) is 0. The molecule has 0 saturated carbocycles. The quantitative estimate of drug-likeness (QED) is 0.748. The Bertz CT molecular complexity index is 691. The minimum Gasteiger partial charge on any atom is -0.485 e. The van der Waals surface area contributed by atoms with E-state index in [-0.39, 0.29) is 6.10 Å². The van der Waals surface area contributed by atoms with Crippen LogP contribution in [-0.4, -0.2) is 12.6 Å². The average Bonchev–Trinajstić information content (AvgIpc) is 3.02. The third-order valence-corrected chi connectivity index (χ3v) is 3.60. The van der Waals surface area contributed by atoms with Crippen molar-refractivity contribution < 1.29 is 9.15 Å². The van der Waals surface area contributed by atoms with Gasteiger partial charge in [-0.1, -0.05) is 42.5 Å². The van der Waals surface area contributed by atoms with Crippen LogP contribution in [0.3, 0.4) is 0 Å². The molecule has 108 valence electrons. The van der Waals surface area contributed by atoms with Gasteiger partial charge in [0.25, 0.3) is 0 Å². The van der Waals surface area contributed by atoms with Crippen LogP contribution in [0.25, 0.3) is 11.0 Å². The molecule has 0 radical (unpaired) electrons. The molecule has 1 aromatic heterocycles. The molecular formula is C18H19NO2. The Morgan fingerprint density at radius 2 is 1.86 bits per heavy atom. The molecule has 0 amide bonds. The van der Waals surface area contributed by atoms with E-state index < -0.39 is 0 Å². The second kappa shape index (κ2) is 6.46. The first-order valence-electron chi connectivity index (χ1n) is 7.23. The van der Waals surface area contributed by atoms with Gasteiger partial charge in [0.2, 0.25) is 0 Å². The minimum absolute atomic E-state index is 0.0130. The smallest absolute Gasteiger partial charge is 0.175 e. The van der Waals surface area contributed by atoms with Gasteiger partial charge >= 0.3 is 0 Å². The lowest BCUT2D eigenvalue weighted by atomic mass is 10.1. The topological polar surface area (TPSA) is 48.4 Å². The van der Waals surface area contributed by atoms with Gasteiger partial charge in [-0.05, 0) is 30.5 Å². The molecule has 21 heavy (non-hydrogen) atoms. The van der Waals surface area contributed by atoms with Gasteiger partial charge in [-0.3, -0.25) is 0 Å². The van der Waals surface area contributed by atoms with E-state index in [4.69, 9.17) is 14.9 Å². The lowest BCUT2D eigenvalue weighted by Gasteiger charge is -2.17. The number of rotatable bonds is 6. The maximum Gasteiger partial charge on any atom is 0.175 e.